The van der Waals surface area contributed by atoms with E-state index in [4.69, 9.17) is 4.74 Å². The molecule has 1 amide bonds. The molecule has 1 aliphatic rings. The molecule has 0 spiro atoms. The minimum Gasteiger partial charge on any atom is -0.497 e. The first kappa shape index (κ1) is 16.0. The summed E-state index contributed by atoms with van der Waals surface area (Å²) < 4.78 is 5.16. The van der Waals surface area contributed by atoms with E-state index in [0.717, 1.165) is 33.8 Å². The lowest BCUT2D eigenvalue weighted by atomic mass is 9.93. The van der Waals surface area contributed by atoms with Crippen LogP contribution in [0.4, 0.5) is 5.69 Å². The van der Waals surface area contributed by atoms with Crippen molar-refractivity contribution in [3.8, 4) is 17.0 Å². The van der Waals surface area contributed by atoms with Crippen molar-refractivity contribution in [1.29, 1.82) is 0 Å². The molecule has 0 saturated heterocycles. The van der Waals surface area contributed by atoms with E-state index in [0.29, 0.717) is 12.1 Å². The molecule has 0 fully saturated rings. The zero-order chi connectivity index (χ0) is 17.9. The van der Waals surface area contributed by atoms with Gasteiger partial charge in [-0.05, 0) is 59.2 Å². The molecule has 5 nitrogen and oxygen atoms in total. The summed E-state index contributed by atoms with van der Waals surface area (Å²) in [6.45, 7) is 0.530. The van der Waals surface area contributed by atoms with Gasteiger partial charge in [-0.2, -0.15) is 0 Å². The molecule has 0 aliphatic carbocycles. The van der Waals surface area contributed by atoms with Gasteiger partial charge in [0, 0.05) is 30.3 Å². The number of ether oxygens (including phenoxy) is 1. The molecule has 1 aliphatic heterocycles. The molecule has 3 N–H and O–H groups in total. The maximum Gasteiger partial charge on any atom is 0.253 e. The highest BCUT2D eigenvalue weighted by Gasteiger charge is 2.21. The lowest BCUT2D eigenvalue weighted by molar-refractivity contribution is -0.116. The Kier molecular flexibility index (Phi) is 4.19. The first-order valence-electron chi connectivity index (χ1n) is 8.40. The number of H-pyrrole nitrogens is 1. The fourth-order valence-corrected chi connectivity index (χ4v) is 3.06. The number of benzene rings is 2. The summed E-state index contributed by atoms with van der Waals surface area (Å²) in [5.41, 5.74) is 5.73. The highest BCUT2D eigenvalue weighted by molar-refractivity contribution is 6.21. The zero-order valence-corrected chi connectivity index (χ0v) is 14.4. The second-order valence-electron chi connectivity index (χ2n) is 6.07. The van der Waals surface area contributed by atoms with Gasteiger partial charge in [-0.1, -0.05) is 12.1 Å². The molecule has 3 aromatic rings. The van der Waals surface area contributed by atoms with Crippen molar-refractivity contribution < 1.29 is 9.53 Å². The summed E-state index contributed by atoms with van der Waals surface area (Å²) >= 11 is 0. The molecular weight excluding hydrogens is 326 g/mol. The van der Waals surface area contributed by atoms with E-state index in [1.165, 1.54) is 0 Å². The van der Waals surface area contributed by atoms with Gasteiger partial charge in [-0.25, -0.2) is 0 Å². The fraction of sp³-hybridized carbons (Fsp3) is 0.0952. The summed E-state index contributed by atoms with van der Waals surface area (Å²) in [5, 5.41) is 6.13. The third-order valence-electron chi connectivity index (χ3n) is 4.46. The molecule has 2 aromatic carbocycles. The van der Waals surface area contributed by atoms with Crippen molar-refractivity contribution in [2.75, 3.05) is 12.4 Å². The Morgan fingerprint density at radius 2 is 1.96 bits per heavy atom. The van der Waals surface area contributed by atoms with Crippen LogP contribution in [0.3, 0.4) is 0 Å². The molecule has 130 valence electrons. The zero-order valence-electron chi connectivity index (χ0n) is 14.4. The summed E-state index contributed by atoms with van der Waals surface area (Å²) in [5.74, 6) is 0.715. The van der Waals surface area contributed by atoms with Crippen LogP contribution in [0.1, 0.15) is 11.1 Å². The third kappa shape index (κ3) is 3.07. The average molecular weight is 345 g/mol. The molecule has 5 heteroatoms. The predicted octanol–water partition coefficient (Wildman–Crippen LogP) is 3.77. The molecule has 0 bridgehead atoms. The van der Waals surface area contributed by atoms with E-state index in [2.05, 4.69) is 21.7 Å². The summed E-state index contributed by atoms with van der Waals surface area (Å²) in [7, 11) is 1.63. The second kappa shape index (κ2) is 6.80. The predicted molar refractivity (Wildman–Crippen MR) is 103 cm³/mol. The number of carbonyl (C=O) groups is 1. The van der Waals surface area contributed by atoms with Gasteiger partial charge in [0.1, 0.15) is 5.75 Å². The van der Waals surface area contributed by atoms with E-state index >= 15 is 0 Å². The lowest BCUT2D eigenvalue weighted by Crippen LogP contribution is -2.29. The molecular formula is C21H19N3O2. The van der Waals surface area contributed by atoms with Crippen molar-refractivity contribution in [3.63, 3.8) is 0 Å². The topological polar surface area (TPSA) is 66.2 Å². The highest BCUT2D eigenvalue weighted by Crippen LogP contribution is 2.28. The Morgan fingerprint density at radius 3 is 2.69 bits per heavy atom. The van der Waals surface area contributed by atoms with E-state index in [9.17, 15) is 4.79 Å². The number of carbonyl (C=O) groups excluding carboxylic acids is 1. The van der Waals surface area contributed by atoms with Crippen LogP contribution in [-0.4, -0.2) is 18.0 Å². The van der Waals surface area contributed by atoms with Crippen LogP contribution in [0.2, 0.25) is 0 Å². The van der Waals surface area contributed by atoms with Gasteiger partial charge < -0.3 is 20.4 Å². The Morgan fingerprint density at radius 1 is 1.12 bits per heavy atom. The number of rotatable bonds is 4. The molecule has 4 rings (SSSR count). The maximum absolute atomic E-state index is 12.3. The van der Waals surface area contributed by atoms with Gasteiger partial charge in [-0.15, -0.1) is 0 Å². The van der Waals surface area contributed by atoms with Crippen LogP contribution in [-0.2, 0) is 11.3 Å². The maximum atomic E-state index is 12.3. The number of anilines is 1. The minimum absolute atomic E-state index is 0.0777. The molecule has 0 saturated carbocycles. The summed E-state index contributed by atoms with van der Waals surface area (Å²) in [6, 6.07) is 17.7. The van der Waals surface area contributed by atoms with Crippen molar-refractivity contribution in [2.24, 2.45) is 0 Å². The SMILES string of the molecule is COc1ccc(N/C=C2\C(=O)NCc3cc(-c4ccc[nH]4)ccc32)cc1. The van der Waals surface area contributed by atoms with Crippen molar-refractivity contribution in [3.05, 3.63) is 78.1 Å². The third-order valence-corrected chi connectivity index (χ3v) is 4.46. The number of aromatic amines is 1. The van der Waals surface area contributed by atoms with E-state index in [1.54, 1.807) is 13.3 Å². The molecule has 0 atom stereocenters. The van der Waals surface area contributed by atoms with E-state index < -0.39 is 0 Å². The van der Waals surface area contributed by atoms with Crippen molar-refractivity contribution in [1.82, 2.24) is 10.3 Å². The van der Waals surface area contributed by atoms with Gasteiger partial charge in [0.2, 0.25) is 0 Å². The Labute approximate surface area is 151 Å². The summed E-state index contributed by atoms with van der Waals surface area (Å²) in [4.78, 5) is 15.6. The Balaban J connectivity index is 1.63. The summed E-state index contributed by atoms with van der Waals surface area (Å²) in [6.07, 6.45) is 3.66. The van der Waals surface area contributed by atoms with Gasteiger partial charge in [0.05, 0.1) is 12.7 Å². The quantitative estimate of drug-likeness (QED) is 0.631. The van der Waals surface area contributed by atoms with Gasteiger partial charge in [-0.3, -0.25) is 4.79 Å². The van der Waals surface area contributed by atoms with Crippen LogP contribution in [0, 0.1) is 0 Å². The minimum atomic E-state index is -0.0777. The van der Waals surface area contributed by atoms with Gasteiger partial charge in [0.25, 0.3) is 5.91 Å². The van der Waals surface area contributed by atoms with Crippen molar-refractivity contribution >= 4 is 17.2 Å². The van der Waals surface area contributed by atoms with Crippen LogP contribution in [0.25, 0.3) is 16.8 Å². The Bertz CT molecular complexity index is 957. The molecule has 0 radical (unpaired) electrons. The van der Waals surface area contributed by atoms with Crippen LogP contribution >= 0.6 is 0 Å². The monoisotopic (exact) mass is 345 g/mol. The van der Waals surface area contributed by atoms with Crippen LogP contribution < -0.4 is 15.4 Å². The molecule has 26 heavy (non-hydrogen) atoms. The number of methoxy groups -OCH3 is 1. The number of fused-ring (bicyclic) bond motifs is 1. The number of hydrogen-bond donors (Lipinski definition) is 3. The lowest BCUT2D eigenvalue weighted by Gasteiger charge is -2.20. The van der Waals surface area contributed by atoms with Crippen molar-refractivity contribution in [2.45, 2.75) is 6.54 Å². The number of hydrogen-bond acceptors (Lipinski definition) is 3. The smallest absolute Gasteiger partial charge is 0.253 e. The molecule has 1 aromatic heterocycles. The molecule has 2 heterocycles. The number of amides is 1. The first-order chi connectivity index (χ1) is 12.7. The molecule has 0 unspecified atom stereocenters. The second-order valence-corrected chi connectivity index (χ2v) is 6.07. The number of nitrogens with one attached hydrogen (secondary N) is 3. The normalized spacial score (nSPS) is 14.7. The Hall–Kier alpha value is -3.47. The number of aromatic nitrogens is 1. The first-order valence-corrected chi connectivity index (χ1v) is 8.40. The van der Waals surface area contributed by atoms with Crippen LogP contribution in [0.15, 0.2) is 67.0 Å². The van der Waals surface area contributed by atoms with Gasteiger partial charge >= 0.3 is 0 Å². The van der Waals surface area contributed by atoms with Crippen LogP contribution in [0.5, 0.6) is 5.75 Å². The highest BCUT2D eigenvalue weighted by atomic mass is 16.5. The largest absolute Gasteiger partial charge is 0.497 e. The van der Waals surface area contributed by atoms with E-state index in [-0.39, 0.29) is 5.91 Å². The van der Waals surface area contributed by atoms with Gasteiger partial charge in [0.15, 0.2) is 0 Å². The fourth-order valence-electron chi connectivity index (χ4n) is 3.06. The average Bonchev–Trinajstić information content (AvgIpc) is 3.22. The van der Waals surface area contributed by atoms with E-state index in [1.807, 2.05) is 54.7 Å². The standard InChI is InChI=1S/C21H19N3O2/c1-26-17-7-5-16(6-8-17)23-13-19-18-9-4-14(20-3-2-10-22-20)11-15(18)12-24-21(19)25/h2-11,13,22-23H,12H2,1H3,(H,24,25)/b19-13-.